The Kier molecular flexibility index (Phi) is 2.83. The number of carbonyl (C=O) groups excluding carboxylic acids is 1. The van der Waals surface area contributed by atoms with Gasteiger partial charge in [-0.3, -0.25) is 4.79 Å². The molecule has 0 spiro atoms. The Bertz CT molecular complexity index is 682. The van der Waals surface area contributed by atoms with Crippen LogP contribution in [0.15, 0.2) is 18.5 Å². The highest BCUT2D eigenvalue weighted by atomic mass is 16.5. The van der Waals surface area contributed by atoms with Crippen LogP contribution in [0.25, 0.3) is 11.0 Å². The molecule has 2 saturated heterocycles. The lowest BCUT2D eigenvalue weighted by atomic mass is 10.1. The molecular weight excluding hydrogens is 270 g/mol. The summed E-state index contributed by atoms with van der Waals surface area (Å²) in [7, 11) is 0. The lowest BCUT2D eigenvalue weighted by Crippen LogP contribution is -2.49. The number of anilines is 1. The first-order valence-electron chi connectivity index (χ1n) is 7.12. The molecular formula is C14H17N5O2. The van der Waals surface area contributed by atoms with Crippen molar-refractivity contribution >= 4 is 22.6 Å². The number of amides is 1. The number of hydrazine groups is 1. The first-order valence-corrected chi connectivity index (χ1v) is 7.12. The molecule has 4 heterocycles. The van der Waals surface area contributed by atoms with Crippen LogP contribution in [0.3, 0.4) is 0 Å². The van der Waals surface area contributed by atoms with E-state index in [9.17, 15) is 4.79 Å². The summed E-state index contributed by atoms with van der Waals surface area (Å²) in [5.41, 5.74) is 10.8. The highest BCUT2D eigenvalue weighted by Crippen LogP contribution is 2.32. The molecule has 2 bridgehead atoms. The van der Waals surface area contributed by atoms with Crippen LogP contribution in [0, 0.1) is 0 Å². The van der Waals surface area contributed by atoms with E-state index in [0.717, 1.165) is 42.8 Å². The first kappa shape index (κ1) is 12.6. The van der Waals surface area contributed by atoms with E-state index in [2.05, 4.69) is 20.4 Å². The van der Waals surface area contributed by atoms with Crippen molar-refractivity contribution in [1.29, 1.82) is 0 Å². The fraction of sp³-hybridized carbons (Fsp3) is 0.429. The summed E-state index contributed by atoms with van der Waals surface area (Å²) in [6.45, 7) is 1.44. The van der Waals surface area contributed by atoms with Crippen molar-refractivity contribution in [2.24, 2.45) is 5.73 Å². The maximum absolute atomic E-state index is 11.7. The Morgan fingerprint density at radius 3 is 2.90 bits per heavy atom. The third-order valence-corrected chi connectivity index (χ3v) is 4.33. The minimum atomic E-state index is -0.478. The number of hydrogen-bond donors (Lipinski definition) is 3. The minimum Gasteiger partial charge on any atom is -0.378 e. The predicted molar refractivity (Wildman–Crippen MR) is 77.7 cm³/mol. The molecule has 2 aromatic rings. The van der Waals surface area contributed by atoms with Gasteiger partial charge in [-0.2, -0.15) is 0 Å². The molecule has 21 heavy (non-hydrogen) atoms. The Morgan fingerprint density at radius 1 is 1.43 bits per heavy atom. The van der Waals surface area contributed by atoms with Crippen molar-refractivity contribution in [3.8, 4) is 0 Å². The summed E-state index contributed by atoms with van der Waals surface area (Å²) in [4.78, 5) is 19.0. The largest absolute Gasteiger partial charge is 0.378 e. The molecule has 0 radical (unpaired) electrons. The molecule has 2 atom stereocenters. The van der Waals surface area contributed by atoms with Gasteiger partial charge in [-0.25, -0.2) is 9.99 Å². The van der Waals surface area contributed by atoms with Crippen LogP contribution in [-0.2, 0) is 4.74 Å². The van der Waals surface area contributed by atoms with Crippen LogP contribution in [0.2, 0.25) is 0 Å². The lowest BCUT2D eigenvalue weighted by molar-refractivity contribution is -0.00129. The van der Waals surface area contributed by atoms with Gasteiger partial charge in [-0.1, -0.05) is 0 Å². The molecule has 7 nitrogen and oxygen atoms in total. The Hall–Kier alpha value is -2.12. The molecule has 0 saturated carbocycles. The van der Waals surface area contributed by atoms with E-state index >= 15 is 0 Å². The van der Waals surface area contributed by atoms with E-state index in [1.165, 1.54) is 6.20 Å². The predicted octanol–water partition coefficient (Wildman–Crippen LogP) is 0.852. The molecule has 4 rings (SSSR count). The van der Waals surface area contributed by atoms with Gasteiger partial charge in [0.15, 0.2) is 0 Å². The van der Waals surface area contributed by atoms with Crippen molar-refractivity contribution in [2.45, 2.75) is 24.9 Å². The van der Waals surface area contributed by atoms with E-state index in [-0.39, 0.29) is 0 Å². The van der Waals surface area contributed by atoms with E-state index in [0.29, 0.717) is 17.6 Å². The van der Waals surface area contributed by atoms with Crippen molar-refractivity contribution in [3.05, 3.63) is 24.0 Å². The van der Waals surface area contributed by atoms with Gasteiger partial charge in [-0.15, -0.1) is 0 Å². The maximum atomic E-state index is 11.7. The van der Waals surface area contributed by atoms with E-state index in [1.807, 2.05) is 12.3 Å². The van der Waals surface area contributed by atoms with Gasteiger partial charge in [0.25, 0.3) is 5.91 Å². The molecule has 7 heteroatoms. The highest BCUT2D eigenvalue weighted by molar-refractivity contribution is 6.05. The maximum Gasteiger partial charge on any atom is 0.252 e. The van der Waals surface area contributed by atoms with Gasteiger partial charge in [-0.05, 0) is 18.9 Å². The molecule has 2 fully saturated rings. The second-order valence-electron chi connectivity index (χ2n) is 5.59. The number of primary amides is 1. The van der Waals surface area contributed by atoms with Crippen LogP contribution in [0.1, 0.15) is 23.2 Å². The number of aromatic nitrogens is 2. The molecule has 2 aliphatic heterocycles. The smallest absolute Gasteiger partial charge is 0.252 e. The summed E-state index contributed by atoms with van der Waals surface area (Å²) in [6, 6.07) is 2.58. The molecule has 1 amide bonds. The zero-order valence-electron chi connectivity index (χ0n) is 11.5. The standard InChI is InChI=1S/C14H17N5O2/c15-13(20)11-5-17-14-10(3-4-16-14)12(11)18-19-8-1-2-9(19)7-21-6-8/h3-5,8-9H,1-2,6-7H2,(H2,15,20)(H2,16,17,18). The van der Waals surface area contributed by atoms with Crippen molar-refractivity contribution < 1.29 is 9.53 Å². The third kappa shape index (κ3) is 1.97. The number of fused-ring (bicyclic) bond motifs is 3. The summed E-state index contributed by atoms with van der Waals surface area (Å²) >= 11 is 0. The van der Waals surface area contributed by atoms with Gasteiger partial charge in [0.1, 0.15) is 5.65 Å². The van der Waals surface area contributed by atoms with Gasteiger partial charge >= 0.3 is 0 Å². The van der Waals surface area contributed by atoms with Crippen LogP contribution in [-0.4, -0.2) is 46.2 Å². The fourth-order valence-corrected chi connectivity index (χ4v) is 3.26. The number of nitrogens with two attached hydrogens (primary N) is 1. The van der Waals surface area contributed by atoms with E-state index in [1.54, 1.807) is 0 Å². The summed E-state index contributed by atoms with van der Waals surface area (Å²) in [5, 5.41) is 3.08. The number of H-pyrrole nitrogens is 1. The summed E-state index contributed by atoms with van der Waals surface area (Å²) in [6.07, 6.45) is 5.53. The van der Waals surface area contributed by atoms with Crippen LogP contribution in [0.5, 0.6) is 0 Å². The Balaban J connectivity index is 1.76. The summed E-state index contributed by atoms with van der Waals surface area (Å²) in [5.74, 6) is -0.478. The molecule has 110 valence electrons. The third-order valence-electron chi connectivity index (χ3n) is 4.33. The quantitative estimate of drug-likeness (QED) is 0.778. The number of pyridine rings is 1. The van der Waals surface area contributed by atoms with Crippen molar-refractivity contribution in [2.75, 3.05) is 18.6 Å². The number of morpholine rings is 1. The normalized spacial score (nSPS) is 25.3. The molecule has 2 aliphatic rings. The van der Waals surface area contributed by atoms with Gasteiger partial charge in [0, 0.05) is 17.8 Å². The number of nitrogens with zero attached hydrogens (tertiary/aromatic N) is 2. The van der Waals surface area contributed by atoms with Gasteiger partial charge < -0.3 is 20.9 Å². The average molecular weight is 287 g/mol. The Morgan fingerprint density at radius 2 is 2.19 bits per heavy atom. The lowest BCUT2D eigenvalue weighted by Gasteiger charge is -2.35. The molecule has 4 N–H and O–H groups in total. The fourth-order valence-electron chi connectivity index (χ4n) is 3.26. The number of aromatic amines is 1. The Labute approximate surface area is 121 Å². The summed E-state index contributed by atoms with van der Waals surface area (Å²) < 4.78 is 5.58. The van der Waals surface area contributed by atoms with Gasteiger partial charge in [0.05, 0.1) is 36.5 Å². The first-order chi connectivity index (χ1) is 10.2. The SMILES string of the molecule is NC(=O)c1cnc2[nH]ccc2c1NN1C2CCC1COC2. The van der Waals surface area contributed by atoms with Crippen LogP contribution in [0.4, 0.5) is 5.69 Å². The number of ether oxygens (including phenoxy) is 1. The van der Waals surface area contributed by atoms with Crippen LogP contribution < -0.4 is 11.2 Å². The average Bonchev–Trinajstić information content (AvgIpc) is 3.01. The van der Waals surface area contributed by atoms with Crippen LogP contribution >= 0.6 is 0 Å². The van der Waals surface area contributed by atoms with E-state index in [4.69, 9.17) is 10.5 Å². The zero-order chi connectivity index (χ0) is 14.4. The highest BCUT2D eigenvalue weighted by Gasteiger charge is 2.38. The number of hydrogen-bond acceptors (Lipinski definition) is 5. The van der Waals surface area contributed by atoms with Gasteiger partial charge in [0.2, 0.25) is 0 Å². The number of carbonyl (C=O) groups is 1. The number of nitrogens with one attached hydrogen (secondary N) is 2. The zero-order valence-corrected chi connectivity index (χ0v) is 11.5. The van der Waals surface area contributed by atoms with Crippen molar-refractivity contribution in [1.82, 2.24) is 15.0 Å². The van der Waals surface area contributed by atoms with Crippen molar-refractivity contribution in [3.63, 3.8) is 0 Å². The molecule has 2 unspecified atom stereocenters. The number of rotatable bonds is 3. The molecule has 0 aromatic carbocycles. The second-order valence-corrected chi connectivity index (χ2v) is 5.59. The van der Waals surface area contributed by atoms with E-state index < -0.39 is 5.91 Å². The topological polar surface area (TPSA) is 96.3 Å². The minimum absolute atomic E-state index is 0.339. The second kappa shape index (κ2) is 4.71. The molecule has 0 aliphatic carbocycles. The molecule has 2 aromatic heterocycles. The monoisotopic (exact) mass is 287 g/mol.